The van der Waals surface area contributed by atoms with Crippen LogP contribution in [-0.2, 0) is 0 Å². The molecular formula is C9H9NOS2. The van der Waals surface area contributed by atoms with Gasteiger partial charge in [0, 0.05) is 9.60 Å². The van der Waals surface area contributed by atoms with Gasteiger partial charge in [0.15, 0.2) is 0 Å². The first-order chi connectivity index (χ1) is 6.24. The number of rotatable bonds is 1. The molecule has 0 aliphatic carbocycles. The molecule has 0 spiro atoms. The number of ether oxygens (including phenoxy) is 1. The summed E-state index contributed by atoms with van der Waals surface area (Å²) in [5.41, 5.74) is 6.44. The Kier molecular flexibility index (Phi) is 2.09. The monoisotopic (exact) mass is 211 g/mol. The van der Waals surface area contributed by atoms with E-state index in [1.807, 2.05) is 17.5 Å². The SMILES string of the molecule is COc1cc2ccsc2c(S)c1N. The molecule has 13 heavy (non-hydrogen) atoms. The standard InChI is InChI=1S/C9H9NOS2/c1-11-6-4-5-2-3-13-9(5)8(12)7(6)10/h2-4,12H,10H2,1H3. The van der Waals surface area contributed by atoms with Crippen molar-refractivity contribution in [1.29, 1.82) is 0 Å². The number of nitrogen functional groups attached to an aromatic ring is 1. The van der Waals surface area contributed by atoms with Gasteiger partial charge in [0.25, 0.3) is 0 Å². The van der Waals surface area contributed by atoms with Crippen LogP contribution in [-0.4, -0.2) is 7.11 Å². The third-order valence-electron chi connectivity index (χ3n) is 1.94. The fourth-order valence-corrected chi connectivity index (χ4v) is 2.48. The molecule has 1 heterocycles. The first-order valence-corrected chi connectivity index (χ1v) is 5.09. The van der Waals surface area contributed by atoms with Crippen molar-refractivity contribution in [1.82, 2.24) is 0 Å². The van der Waals surface area contributed by atoms with Crippen LogP contribution in [0.1, 0.15) is 0 Å². The minimum absolute atomic E-state index is 0.612. The van der Waals surface area contributed by atoms with Gasteiger partial charge in [0.2, 0.25) is 0 Å². The van der Waals surface area contributed by atoms with Crippen LogP contribution in [0.4, 0.5) is 5.69 Å². The van der Waals surface area contributed by atoms with Gasteiger partial charge < -0.3 is 10.5 Å². The van der Waals surface area contributed by atoms with Gasteiger partial charge in [-0.2, -0.15) is 0 Å². The maximum Gasteiger partial charge on any atom is 0.143 e. The summed E-state index contributed by atoms with van der Waals surface area (Å²) in [5, 5.41) is 3.14. The van der Waals surface area contributed by atoms with Gasteiger partial charge in [-0.3, -0.25) is 0 Å². The average molecular weight is 211 g/mol. The van der Waals surface area contributed by atoms with Crippen LogP contribution in [0.15, 0.2) is 22.4 Å². The van der Waals surface area contributed by atoms with Crippen molar-refractivity contribution in [3.63, 3.8) is 0 Å². The lowest BCUT2D eigenvalue weighted by Gasteiger charge is -2.07. The van der Waals surface area contributed by atoms with Crippen molar-refractivity contribution in [2.45, 2.75) is 4.90 Å². The van der Waals surface area contributed by atoms with E-state index in [-0.39, 0.29) is 0 Å². The largest absolute Gasteiger partial charge is 0.495 e. The first-order valence-electron chi connectivity index (χ1n) is 3.76. The van der Waals surface area contributed by atoms with E-state index in [9.17, 15) is 0 Å². The quantitative estimate of drug-likeness (QED) is 0.562. The fourth-order valence-electron chi connectivity index (χ4n) is 1.25. The van der Waals surface area contributed by atoms with E-state index >= 15 is 0 Å². The fraction of sp³-hybridized carbons (Fsp3) is 0.111. The van der Waals surface area contributed by atoms with Crippen LogP contribution in [0.25, 0.3) is 10.1 Å². The van der Waals surface area contributed by atoms with E-state index in [2.05, 4.69) is 12.6 Å². The van der Waals surface area contributed by atoms with E-state index in [4.69, 9.17) is 10.5 Å². The molecule has 1 aromatic heterocycles. The number of thiol groups is 1. The van der Waals surface area contributed by atoms with E-state index in [0.717, 1.165) is 15.0 Å². The van der Waals surface area contributed by atoms with Crippen molar-refractivity contribution in [3.05, 3.63) is 17.5 Å². The van der Waals surface area contributed by atoms with Gasteiger partial charge in [-0.15, -0.1) is 24.0 Å². The summed E-state index contributed by atoms with van der Waals surface area (Å²) in [6.07, 6.45) is 0. The summed E-state index contributed by atoms with van der Waals surface area (Å²) in [7, 11) is 1.61. The van der Waals surface area contributed by atoms with Gasteiger partial charge in [0.05, 0.1) is 12.8 Å². The van der Waals surface area contributed by atoms with Crippen molar-refractivity contribution in [2.24, 2.45) is 0 Å². The highest BCUT2D eigenvalue weighted by molar-refractivity contribution is 7.81. The molecule has 0 radical (unpaired) electrons. The molecular weight excluding hydrogens is 202 g/mol. The van der Waals surface area contributed by atoms with E-state index in [1.54, 1.807) is 18.4 Å². The molecule has 0 amide bonds. The number of hydrogen-bond donors (Lipinski definition) is 2. The highest BCUT2D eigenvalue weighted by Crippen LogP contribution is 2.38. The third-order valence-corrected chi connectivity index (χ3v) is 3.50. The highest BCUT2D eigenvalue weighted by Gasteiger charge is 2.08. The van der Waals surface area contributed by atoms with Gasteiger partial charge in [-0.1, -0.05) is 0 Å². The van der Waals surface area contributed by atoms with Gasteiger partial charge in [-0.05, 0) is 22.9 Å². The van der Waals surface area contributed by atoms with Crippen LogP contribution in [0.3, 0.4) is 0 Å². The predicted octanol–water partition coefficient (Wildman–Crippen LogP) is 2.78. The molecule has 0 aliphatic rings. The van der Waals surface area contributed by atoms with Gasteiger partial charge in [0.1, 0.15) is 5.75 Å². The minimum atomic E-state index is 0.612. The van der Waals surface area contributed by atoms with Crippen LogP contribution < -0.4 is 10.5 Å². The second-order valence-electron chi connectivity index (χ2n) is 2.68. The van der Waals surface area contributed by atoms with Crippen LogP contribution in [0.2, 0.25) is 0 Å². The number of methoxy groups -OCH3 is 1. The summed E-state index contributed by atoms with van der Waals surface area (Å²) >= 11 is 5.99. The lowest BCUT2D eigenvalue weighted by Crippen LogP contribution is -1.93. The number of hydrogen-bond acceptors (Lipinski definition) is 4. The van der Waals surface area contributed by atoms with Crippen molar-refractivity contribution >= 4 is 39.7 Å². The lowest BCUT2D eigenvalue weighted by molar-refractivity contribution is 0.417. The Labute approximate surface area is 85.7 Å². The van der Waals surface area contributed by atoms with E-state index in [0.29, 0.717) is 11.4 Å². The Morgan fingerprint density at radius 1 is 1.54 bits per heavy atom. The molecule has 0 fully saturated rings. The van der Waals surface area contributed by atoms with Gasteiger partial charge >= 0.3 is 0 Å². The first kappa shape index (κ1) is 8.72. The molecule has 4 heteroatoms. The molecule has 0 atom stereocenters. The summed E-state index contributed by atoms with van der Waals surface area (Å²) in [6.45, 7) is 0. The molecule has 0 saturated carbocycles. The zero-order valence-electron chi connectivity index (χ0n) is 7.07. The average Bonchev–Trinajstić information content (AvgIpc) is 2.59. The number of benzene rings is 1. The lowest BCUT2D eigenvalue weighted by atomic mass is 10.2. The molecule has 2 aromatic rings. The molecule has 1 aromatic carbocycles. The Morgan fingerprint density at radius 3 is 3.00 bits per heavy atom. The minimum Gasteiger partial charge on any atom is -0.495 e. The smallest absolute Gasteiger partial charge is 0.143 e. The van der Waals surface area contributed by atoms with Crippen LogP contribution >= 0.6 is 24.0 Å². The summed E-state index contributed by atoms with van der Waals surface area (Å²) < 4.78 is 6.25. The van der Waals surface area contributed by atoms with E-state index < -0.39 is 0 Å². The number of thiophene rings is 1. The topological polar surface area (TPSA) is 35.2 Å². The zero-order valence-corrected chi connectivity index (χ0v) is 8.78. The summed E-state index contributed by atoms with van der Waals surface area (Å²) in [5.74, 6) is 0.691. The van der Waals surface area contributed by atoms with Crippen LogP contribution in [0.5, 0.6) is 5.75 Å². The van der Waals surface area contributed by atoms with Crippen molar-refractivity contribution in [2.75, 3.05) is 12.8 Å². The molecule has 2 rings (SSSR count). The second-order valence-corrected chi connectivity index (χ2v) is 4.04. The maximum atomic E-state index is 5.82. The third kappa shape index (κ3) is 1.26. The Hall–Kier alpha value is -0.870. The molecule has 0 bridgehead atoms. The highest BCUT2D eigenvalue weighted by atomic mass is 32.1. The molecule has 0 aliphatic heterocycles. The van der Waals surface area contributed by atoms with Gasteiger partial charge in [-0.25, -0.2) is 0 Å². The number of fused-ring (bicyclic) bond motifs is 1. The summed E-state index contributed by atoms with van der Waals surface area (Å²) in [4.78, 5) is 0.810. The van der Waals surface area contributed by atoms with E-state index in [1.165, 1.54) is 0 Å². The van der Waals surface area contributed by atoms with Crippen molar-refractivity contribution in [3.8, 4) is 5.75 Å². The number of nitrogens with two attached hydrogens (primary N) is 1. The predicted molar refractivity (Wildman–Crippen MR) is 60.0 cm³/mol. The Morgan fingerprint density at radius 2 is 2.31 bits per heavy atom. The van der Waals surface area contributed by atoms with Crippen molar-refractivity contribution < 1.29 is 4.74 Å². The number of anilines is 1. The molecule has 2 nitrogen and oxygen atoms in total. The molecule has 2 N–H and O–H groups in total. The maximum absolute atomic E-state index is 5.82. The molecule has 0 saturated heterocycles. The Bertz CT molecular complexity index is 450. The Balaban J connectivity index is 2.83. The van der Waals surface area contributed by atoms with Crippen LogP contribution in [0, 0.1) is 0 Å². The molecule has 68 valence electrons. The second kappa shape index (κ2) is 3.12. The molecule has 0 unspecified atom stereocenters. The summed E-state index contributed by atoms with van der Waals surface area (Å²) in [6, 6.07) is 3.96. The zero-order chi connectivity index (χ0) is 9.42. The normalized spacial score (nSPS) is 10.6.